The maximum Gasteiger partial charge on any atom is 0.259 e. The second kappa shape index (κ2) is 12.1. The van der Waals surface area contributed by atoms with Crippen molar-refractivity contribution in [2.24, 2.45) is 0 Å². The van der Waals surface area contributed by atoms with Crippen molar-refractivity contribution >= 4 is 11.8 Å². The van der Waals surface area contributed by atoms with Crippen LogP contribution in [0.4, 0.5) is 0 Å². The Bertz CT molecular complexity index is 1050. The molecule has 0 aromatic carbocycles. The Hall–Kier alpha value is -2.96. The van der Waals surface area contributed by atoms with Crippen LogP contribution >= 0.6 is 0 Å². The van der Waals surface area contributed by atoms with Crippen molar-refractivity contribution in [1.29, 1.82) is 0 Å². The number of rotatable bonds is 6. The van der Waals surface area contributed by atoms with Gasteiger partial charge in [-0.2, -0.15) is 0 Å². The summed E-state index contributed by atoms with van der Waals surface area (Å²) < 4.78 is 1.75. The van der Waals surface area contributed by atoms with Gasteiger partial charge in [0.2, 0.25) is 5.43 Å². The molecule has 0 radical (unpaired) electrons. The number of pyridine rings is 2. The molecule has 2 aliphatic carbocycles. The molecule has 7 nitrogen and oxygen atoms in total. The fraction of sp³-hybridized carbons (Fsp3) is 0.571. The summed E-state index contributed by atoms with van der Waals surface area (Å²) in [6.45, 7) is 0.373. The fourth-order valence-electron chi connectivity index (χ4n) is 5.40. The number of nitrogens with zero attached hydrogens (tertiary/aromatic N) is 3. The van der Waals surface area contributed by atoms with Crippen molar-refractivity contribution in [1.82, 2.24) is 19.8 Å². The van der Waals surface area contributed by atoms with E-state index in [1.807, 2.05) is 18.2 Å². The third kappa shape index (κ3) is 6.59. The molecule has 0 unspecified atom stereocenters. The third-order valence-corrected chi connectivity index (χ3v) is 7.51. The average Bonchev–Trinajstić information content (AvgIpc) is 2.86. The molecule has 0 saturated heterocycles. The van der Waals surface area contributed by atoms with Gasteiger partial charge in [0.05, 0.1) is 12.2 Å². The van der Waals surface area contributed by atoms with Gasteiger partial charge in [-0.15, -0.1) is 0 Å². The van der Waals surface area contributed by atoms with Gasteiger partial charge in [-0.25, -0.2) is 0 Å². The molecule has 0 bridgehead atoms. The first-order chi connectivity index (χ1) is 17.0. The molecule has 2 fully saturated rings. The number of amides is 2. The normalized spacial score (nSPS) is 17.9. The van der Waals surface area contributed by atoms with Gasteiger partial charge in [-0.3, -0.25) is 19.4 Å². The lowest BCUT2D eigenvalue weighted by Crippen LogP contribution is -2.43. The monoisotopic (exact) mass is 478 g/mol. The van der Waals surface area contributed by atoms with E-state index in [4.69, 9.17) is 0 Å². The number of aromatic nitrogens is 2. The second-order valence-corrected chi connectivity index (χ2v) is 10.1. The number of hydrogen-bond acceptors (Lipinski definition) is 4. The molecule has 188 valence electrons. The van der Waals surface area contributed by atoms with Gasteiger partial charge in [-0.1, -0.05) is 57.4 Å². The van der Waals surface area contributed by atoms with Crippen LogP contribution in [0.25, 0.3) is 0 Å². The van der Waals surface area contributed by atoms with E-state index in [1.54, 1.807) is 35.1 Å². The highest BCUT2D eigenvalue weighted by atomic mass is 16.2. The van der Waals surface area contributed by atoms with Crippen molar-refractivity contribution in [2.75, 3.05) is 7.05 Å². The van der Waals surface area contributed by atoms with E-state index in [1.165, 1.54) is 25.7 Å². The molecule has 7 heteroatoms. The predicted octanol–water partition coefficient (Wildman–Crippen LogP) is 4.54. The molecule has 2 aliphatic rings. The topological polar surface area (TPSA) is 84.3 Å². The van der Waals surface area contributed by atoms with Gasteiger partial charge in [0.1, 0.15) is 11.1 Å². The largest absolute Gasteiger partial charge is 0.349 e. The fourth-order valence-corrected chi connectivity index (χ4v) is 5.40. The highest BCUT2D eigenvalue weighted by Gasteiger charge is 2.27. The maximum atomic E-state index is 13.5. The molecule has 2 heterocycles. The number of nitrogens with one attached hydrogen (secondary N) is 1. The van der Waals surface area contributed by atoms with E-state index in [0.717, 1.165) is 57.1 Å². The van der Waals surface area contributed by atoms with Crippen molar-refractivity contribution in [3.63, 3.8) is 0 Å². The van der Waals surface area contributed by atoms with E-state index in [2.05, 4.69) is 10.3 Å². The molecule has 35 heavy (non-hydrogen) atoms. The highest BCUT2D eigenvalue weighted by Crippen LogP contribution is 2.23. The summed E-state index contributed by atoms with van der Waals surface area (Å²) in [6, 6.07) is 5.83. The summed E-state index contributed by atoms with van der Waals surface area (Å²) in [5, 5.41) is 3.10. The van der Waals surface area contributed by atoms with E-state index < -0.39 is 5.43 Å². The molecule has 2 aromatic heterocycles. The third-order valence-electron chi connectivity index (χ3n) is 7.51. The number of carbonyl (C=O) groups is 2. The second-order valence-electron chi connectivity index (χ2n) is 10.1. The van der Waals surface area contributed by atoms with E-state index in [-0.39, 0.29) is 35.0 Å². The quantitative estimate of drug-likeness (QED) is 0.661. The lowest BCUT2D eigenvalue weighted by atomic mass is 9.94. The summed E-state index contributed by atoms with van der Waals surface area (Å²) in [6.07, 6.45) is 17.8. The SMILES string of the molecule is CN(C(=O)c1cn(Cc2ccccn2)cc(C(=O)NC2CCCCCCC2)c1=O)C1CCCCC1. The van der Waals surface area contributed by atoms with E-state index in [0.29, 0.717) is 6.54 Å². The molecule has 2 saturated carbocycles. The van der Waals surface area contributed by atoms with Crippen LogP contribution in [0.1, 0.15) is 103 Å². The Balaban J connectivity index is 1.63. The van der Waals surface area contributed by atoms with Crippen LogP contribution in [0.5, 0.6) is 0 Å². The number of carbonyl (C=O) groups excluding carboxylic acids is 2. The van der Waals surface area contributed by atoms with Crippen molar-refractivity contribution in [2.45, 2.75) is 95.7 Å². The van der Waals surface area contributed by atoms with E-state index in [9.17, 15) is 14.4 Å². The Morgan fingerprint density at radius 2 is 1.57 bits per heavy atom. The zero-order valence-electron chi connectivity index (χ0n) is 20.9. The lowest BCUT2D eigenvalue weighted by molar-refractivity contribution is 0.0694. The first-order valence-electron chi connectivity index (χ1n) is 13.2. The van der Waals surface area contributed by atoms with Gasteiger partial charge in [0, 0.05) is 37.7 Å². The maximum absolute atomic E-state index is 13.5. The molecule has 4 rings (SSSR count). The zero-order chi connectivity index (χ0) is 24.6. The minimum atomic E-state index is -0.488. The summed E-state index contributed by atoms with van der Waals surface area (Å²) in [5.41, 5.74) is 0.394. The molecular weight excluding hydrogens is 440 g/mol. The minimum Gasteiger partial charge on any atom is -0.349 e. The first kappa shape index (κ1) is 25.1. The van der Waals surface area contributed by atoms with Crippen molar-refractivity contribution < 1.29 is 9.59 Å². The van der Waals surface area contributed by atoms with Crippen LogP contribution in [0.3, 0.4) is 0 Å². The zero-order valence-corrected chi connectivity index (χ0v) is 20.9. The molecular formula is C28H38N4O3. The van der Waals surface area contributed by atoms with Gasteiger partial charge >= 0.3 is 0 Å². The standard InChI is InChI=1S/C28H38N4O3/c1-31(23-15-8-5-9-16-23)28(35)25-20-32(18-22-14-10-11-17-29-22)19-24(26(25)33)27(34)30-21-12-6-3-2-4-7-13-21/h10-11,14,17,19-21,23H,2-9,12-13,15-16,18H2,1H3,(H,30,34). The average molecular weight is 479 g/mol. The van der Waals surface area contributed by atoms with Crippen LogP contribution in [-0.2, 0) is 6.54 Å². The molecule has 0 atom stereocenters. The molecule has 0 spiro atoms. The van der Waals surface area contributed by atoms with Gasteiger partial charge in [0.25, 0.3) is 11.8 Å². The van der Waals surface area contributed by atoms with Crippen LogP contribution < -0.4 is 10.7 Å². The van der Waals surface area contributed by atoms with Crippen LogP contribution in [0.15, 0.2) is 41.6 Å². The molecule has 1 N–H and O–H groups in total. The molecule has 0 aliphatic heterocycles. The lowest BCUT2D eigenvalue weighted by Gasteiger charge is -2.31. The van der Waals surface area contributed by atoms with Gasteiger partial charge in [-0.05, 0) is 37.8 Å². The summed E-state index contributed by atoms with van der Waals surface area (Å²) in [4.78, 5) is 46.4. The number of hydrogen-bond donors (Lipinski definition) is 1. The first-order valence-corrected chi connectivity index (χ1v) is 13.2. The Kier molecular flexibility index (Phi) is 8.72. The van der Waals surface area contributed by atoms with E-state index >= 15 is 0 Å². The predicted molar refractivity (Wildman–Crippen MR) is 137 cm³/mol. The summed E-state index contributed by atoms with van der Waals surface area (Å²) in [7, 11) is 1.78. The summed E-state index contributed by atoms with van der Waals surface area (Å²) in [5.74, 6) is -0.692. The van der Waals surface area contributed by atoms with Crippen LogP contribution in [-0.4, -0.2) is 45.4 Å². The minimum absolute atomic E-state index is 0.0332. The van der Waals surface area contributed by atoms with Gasteiger partial charge in [0.15, 0.2) is 0 Å². The Labute approximate surface area is 207 Å². The Morgan fingerprint density at radius 1 is 0.943 bits per heavy atom. The van der Waals surface area contributed by atoms with Gasteiger partial charge < -0.3 is 14.8 Å². The molecule has 2 aromatic rings. The summed E-state index contributed by atoms with van der Waals surface area (Å²) >= 11 is 0. The van der Waals surface area contributed by atoms with Crippen LogP contribution in [0, 0.1) is 0 Å². The van der Waals surface area contributed by atoms with Crippen molar-refractivity contribution in [3.05, 3.63) is 63.8 Å². The molecule has 2 amide bonds. The smallest absolute Gasteiger partial charge is 0.259 e. The van der Waals surface area contributed by atoms with Crippen LogP contribution in [0.2, 0.25) is 0 Å². The Morgan fingerprint density at radius 3 is 2.26 bits per heavy atom. The van der Waals surface area contributed by atoms with Crippen molar-refractivity contribution in [3.8, 4) is 0 Å². The highest BCUT2D eigenvalue weighted by molar-refractivity contribution is 5.99.